The third-order valence-corrected chi connectivity index (χ3v) is 4.34. The molecule has 3 aromatic rings. The van der Waals surface area contributed by atoms with Gasteiger partial charge in [0, 0.05) is 30.0 Å². The number of carbonyl (C=O) groups is 1. The monoisotopic (exact) mass is 382 g/mol. The van der Waals surface area contributed by atoms with Gasteiger partial charge < -0.3 is 15.4 Å². The van der Waals surface area contributed by atoms with Gasteiger partial charge in [-0.2, -0.15) is 0 Å². The molecule has 1 amide bonds. The minimum Gasteiger partial charge on any atom is -0.495 e. The third-order valence-electron chi connectivity index (χ3n) is 3.93. The Morgan fingerprint density at radius 1 is 1.22 bits per heavy atom. The van der Waals surface area contributed by atoms with E-state index in [-0.39, 0.29) is 5.91 Å². The summed E-state index contributed by atoms with van der Waals surface area (Å²) in [5, 5.41) is 6.68. The van der Waals surface area contributed by atoms with Crippen LogP contribution in [0, 0.1) is 6.92 Å². The van der Waals surface area contributed by atoms with E-state index in [1.54, 1.807) is 43.9 Å². The first-order valence-corrected chi connectivity index (χ1v) is 8.69. The van der Waals surface area contributed by atoms with Gasteiger partial charge in [0.25, 0.3) is 5.91 Å². The second-order valence-electron chi connectivity index (χ2n) is 5.90. The second-order valence-corrected chi connectivity index (χ2v) is 6.31. The number of aryl methyl sites for hydroxylation is 1. The van der Waals surface area contributed by atoms with E-state index >= 15 is 0 Å². The van der Waals surface area contributed by atoms with Crippen LogP contribution in [0.2, 0.25) is 5.02 Å². The highest BCUT2D eigenvalue weighted by Crippen LogP contribution is 2.32. The number of aromatic nitrogens is 2. The lowest BCUT2D eigenvalue weighted by molar-refractivity contribution is 0.0946. The van der Waals surface area contributed by atoms with E-state index in [9.17, 15) is 4.79 Å². The van der Waals surface area contributed by atoms with E-state index in [0.29, 0.717) is 23.0 Å². The van der Waals surface area contributed by atoms with Gasteiger partial charge in [-0.25, -0.2) is 4.98 Å². The van der Waals surface area contributed by atoms with Crippen LogP contribution in [-0.4, -0.2) is 23.0 Å². The van der Waals surface area contributed by atoms with Crippen LogP contribution >= 0.6 is 11.6 Å². The zero-order valence-electron chi connectivity index (χ0n) is 15.0. The van der Waals surface area contributed by atoms with Crippen LogP contribution in [0.5, 0.6) is 5.75 Å². The van der Waals surface area contributed by atoms with Crippen molar-refractivity contribution in [3.63, 3.8) is 0 Å². The minimum absolute atomic E-state index is 0.245. The Labute approximate surface area is 162 Å². The molecule has 0 unspecified atom stereocenters. The number of carbonyl (C=O) groups excluding carboxylic acids is 1. The molecule has 0 fully saturated rings. The van der Waals surface area contributed by atoms with Crippen molar-refractivity contribution in [1.82, 2.24) is 15.3 Å². The smallest absolute Gasteiger partial charge is 0.270 e. The number of pyridine rings is 2. The summed E-state index contributed by atoms with van der Waals surface area (Å²) in [7, 11) is 1.58. The molecule has 0 aliphatic rings. The van der Waals surface area contributed by atoms with E-state index < -0.39 is 0 Å². The molecule has 0 aliphatic carbocycles. The number of nitrogens with one attached hydrogen (secondary N) is 2. The first-order chi connectivity index (χ1) is 13.1. The highest BCUT2D eigenvalue weighted by molar-refractivity contribution is 6.31. The molecule has 0 saturated heterocycles. The number of anilines is 2. The summed E-state index contributed by atoms with van der Waals surface area (Å²) in [5.41, 5.74) is 3.70. The Hall–Kier alpha value is -3.12. The van der Waals surface area contributed by atoms with Gasteiger partial charge in [0.1, 0.15) is 11.4 Å². The van der Waals surface area contributed by atoms with Gasteiger partial charge in [-0.15, -0.1) is 0 Å². The van der Waals surface area contributed by atoms with E-state index in [0.717, 1.165) is 22.5 Å². The zero-order valence-corrected chi connectivity index (χ0v) is 15.7. The molecule has 0 radical (unpaired) electrons. The maximum Gasteiger partial charge on any atom is 0.270 e. The summed E-state index contributed by atoms with van der Waals surface area (Å²) in [4.78, 5) is 20.5. The summed E-state index contributed by atoms with van der Waals surface area (Å²) in [6, 6.07) is 10.8. The number of rotatable bonds is 6. The lowest BCUT2D eigenvalue weighted by Gasteiger charge is -2.13. The maximum atomic E-state index is 12.2. The average Bonchev–Trinajstić information content (AvgIpc) is 2.70. The first-order valence-electron chi connectivity index (χ1n) is 8.31. The van der Waals surface area contributed by atoms with Crippen LogP contribution in [0.4, 0.5) is 11.4 Å². The topological polar surface area (TPSA) is 76.1 Å². The zero-order chi connectivity index (χ0) is 19.2. The van der Waals surface area contributed by atoms with Gasteiger partial charge in [0.15, 0.2) is 0 Å². The Morgan fingerprint density at radius 2 is 2.07 bits per heavy atom. The maximum absolute atomic E-state index is 12.2. The van der Waals surface area contributed by atoms with Gasteiger partial charge in [0.2, 0.25) is 0 Å². The number of ether oxygens (including phenoxy) is 1. The molecule has 7 heteroatoms. The number of hydrogen-bond acceptors (Lipinski definition) is 5. The van der Waals surface area contributed by atoms with Gasteiger partial charge in [-0.3, -0.25) is 9.78 Å². The number of halogens is 1. The van der Waals surface area contributed by atoms with Crippen molar-refractivity contribution in [2.75, 3.05) is 12.4 Å². The lowest BCUT2D eigenvalue weighted by Crippen LogP contribution is -2.23. The fourth-order valence-corrected chi connectivity index (χ4v) is 2.62. The Bertz CT molecular complexity index is 931. The molecular weight excluding hydrogens is 364 g/mol. The van der Waals surface area contributed by atoms with Crippen LogP contribution in [0.15, 0.2) is 55.0 Å². The van der Waals surface area contributed by atoms with Crippen molar-refractivity contribution in [3.05, 3.63) is 76.8 Å². The highest BCUT2D eigenvalue weighted by Gasteiger charge is 2.10. The van der Waals surface area contributed by atoms with Crippen molar-refractivity contribution in [2.45, 2.75) is 13.5 Å². The molecular formula is C20H19ClN4O2. The van der Waals surface area contributed by atoms with Gasteiger partial charge in [-0.1, -0.05) is 17.7 Å². The van der Waals surface area contributed by atoms with Gasteiger partial charge >= 0.3 is 0 Å². The van der Waals surface area contributed by atoms with Crippen LogP contribution in [0.25, 0.3) is 0 Å². The van der Waals surface area contributed by atoms with Crippen LogP contribution in [0.1, 0.15) is 21.6 Å². The molecule has 0 bridgehead atoms. The molecule has 0 atom stereocenters. The Kier molecular flexibility index (Phi) is 5.88. The number of benzene rings is 1. The van der Waals surface area contributed by atoms with Crippen molar-refractivity contribution in [1.29, 1.82) is 0 Å². The van der Waals surface area contributed by atoms with Crippen molar-refractivity contribution >= 4 is 28.9 Å². The summed E-state index contributed by atoms with van der Waals surface area (Å²) < 4.78 is 5.35. The lowest BCUT2D eigenvalue weighted by atomic mass is 10.2. The number of nitrogens with zero attached hydrogens (tertiary/aromatic N) is 2. The molecule has 0 aliphatic heterocycles. The molecule has 2 N–H and O–H groups in total. The van der Waals surface area contributed by atoms with E-state index in [1.165, 1.54) is 0 Å². The second kappa shape index (κ2) is 8.51. The standard InChI is InChI=1S/C20H19ClN4O2/c1-13-8-18(19(27-2)9-16(13)21)25-15-5-6-17(23-12-15)20(26)24-11-14-4-3-7-22-10-14/h3-10,12,25H,11H2,1-2H3,(H,24,26). The van der Waals surface area contributed by atoms with E-state index in [1.807, 2.05) is 25.1 Å². The van der Waals surface area contributed by atoms with E-state index in [4.69, 9.17) is 16.3 Å². The molecule has 0 spiro atoms. The molecule has 2 aromatic heterocycles. The largest absolute Gasteiger partial charge is 0.495 e. The minimum atomic E-state index is -0.245. The predicted octanol–water partition coefficient (Wildman–Crippen LogP) is 4.12. The van der Waals surface area contributed by atoms with Crippen LogP contribution in [-0.2, 0) is 6.54 Å². The first kappa shape index (κ1) is 18.7. The molecule has 6 nitrogen and oxygen atoms in total. The summed E-state index contributed by atoms with van der Waals surface area (Å²) in [5.74, 6) is 0.384. The molecule has 3 rings (SSSR count). The number of hydrogen-bond donors (Lipinski definition) is 2. The quantitative estimate of drug-likeness (QED) is 0.670. The molecule has 1 aromatic carbocycles. The normalized spacial score (nSPS) is 10.3. The number of amides is 1. The Balaban J connectivity index is 1.67. The van der Waals surface area contributed by atoms with E-state index in [2.05, 4.69) is 20.6 Å². The van der Waals surface area contributed by atoms with Crippen molar-refractivity contribution < 1.29 is 9.53 Å². The van der Waals surface area contributed by atoms with Gasteiger partial charge in [0.05, 0.1) is 24.7 Å². The summed E-state index contributed by atoms with van der Waals surface area (Å²) in [6.07, 6.45) is 5.00. The number of methoxy groups -OCH3 is 1. The summed E-state index contributed by atoms with van der Waals surface area (Å²) >= 11 is 6.13. The van der Waals surface area contributed by atoms with Gasteiger partial charge in [-0.05, 0) is 42.3 Å². The van der Waals surface area contributed by atoms with Crippen LogP contribution < -0.4 is 15.4 Å². The average molecular weight is 383 g/mol. The fourth-order valence-electron chi connectivity index (χ4n) is 2.46. The highest BCUT2D eigenvalue weighted by atomic mass is 35.5. The molecule has 0 saturated carbocycles. The molecule has 138 valence electrons. The van der Waals surface area contributed by atoms with Crippen molar-refractivity contribution in [2.24, 2.45) is 0 Å². The molecule has 2 heterocycles. The predicted molar refractivity (Wildman–Crippen MR) is 106 cm³/mol. The SMILES string of the molecule is COc1cc(Cl)c(C)cc1Nc1ccc(C(=O)NCc2cccnc2)nc1. The third kappa shape index (κ3) is 4.74. The van der Waals surface area contributed by atoms with Crippen LogP contribution in [0.3, 0.4) is 0 Å². The van der Waals surface area contributed by atoms with Crippen molar-refractivity contribution in [3.8, 4) is 5.75 Å². The summed E-state index contributed by atoms with van der Waals surface area (Å²) in [6.45, 7) is 2.32. The molecule has 27 heavy (non-hydrogen) atoms. The Morgan fingerprint density at radius 3 is 2.74 bits per heavy atom. The fraction of sp³-hybridized carbons (Fsp3) is 0.150.